The number of aromatic nitrogens is 2. The first-order valence-corrected chi connectivity index (χ1v) is 8.86. The number of nitrogens with one attached hydrogen (secondary N) is 2. The predicted molar refractivity (Wildman–Crippen MR) is 94.2 cm³/mol. The fourth-order valence-electron chi connectivity index (χ4n) is 3.84. The number of likely N-dealkylation sites (tertiary alicyclic amines) is 1. The van der Waals surface area contributed by atoms with Gasteiger partial charge in [-0.1, -0.05) is 41.9 Å². The summed E-state index contributed by atoms with van der Waals surface area (Å²) in [6.45, 7) is 4.24. The number of carbonyl (C=O) groups is 1. The molecule has 2 fully saturated rings. The van der Waals surface area contributed by atoms with E-state index in [9.17, 15) is 4.79 Å². The molecule has 25 heavy (non-hydrogen) atoms. The number of carbonyl (C=O) groups excluding carboxylic acids is 1. The number of morpholine rings is 1. The van der Waals surface area contributed by atoms with E-state index in [0.29, 0.717) is 11.6 Å². The van der Waals surface area contributed by atoms with E-state index in [1.807, 2.05) is 25.1 Å². The molecule has 0 unspecified atom stereocenters. The molecule has 0 aliphatic carbocycles. The molecular weight excluding hydrogens is 340 g/mol. The van der Waals surface area contributed by atoms with Gasteiger partial charge in [0, 0.05) is 19.6 Å². The third kappa shape index (κ3) is 2.94. The first kappa shape index (κ1) is 16.6. The minimum atomic E-state index is -0.460. The van der Waals surface area contributed by atoms with Crippen molar-refractivity contribution < 1.29 is 9.53 Å². The van der Waals surface area contributed by atoms with Gasteiger partial charge in [0.2, 0.25) is 5.91 Å². The van der Waals surface area contributed by atoms with Gasteiger partial charge < -0.3 is 10.1 Å². The van der Waals surface area contributed by atoms with Gasteiger partial charge in [0.15, 0.2) is 0 Å². The standard InChI is InChI=1S/C18H21ClN4O2/c1-12-17(19)14(22-21-12)9-23-8-7-18(13-5-3-2-4-6-13)15(10-23)25-11-16(24)20-18/h2-6,15H,7-11H2,1H3,(H,20,24)(H,21,22)/t15-,18+/m1/s1. The number of aromatic amines is 1. The second-order valence-electron chi connectivity index (χ2n) is 6.78. The molecule has 1 aromatic carbocycles. The van der Waals surface area contributed by atoms with Crippen LogP contribution in [-0.2, 0) is 21.6 Å². The summed E-state index contributed by atoms with van der Waals surface area (Å²) in [7, 11) is 0. The Labute approximate surface area is 151 Å². The zero-order valence-corrected chi connectivity index (χ0v) is 14.8. The lowest BCUT2D eigenvalue weighted by atomic mass is 9.77. The molecule has 1 aromatic heterocycles. The van der Waals surface area contributed by atoms with Gasteiger partial charge in [-0.25, -0.2) is 0 Å². The third-order valence-electron chi connectivity index (χ3n) is 5.18. The summed E-state index contributed by atoms with van der Waals surface area (Å²) >= 11 is 6.30. The van der Waals surface area contributed by atoms with Crippen molar-refractivity contribution in [3.63, 3.8) is 0 Å². The van der Waals surface area contributed by atoms with Crippen LogP contribution >= 0.6 is 11.6 Å². The quantitative estimate of drug-likeness (QED) is 0.878. The average Bonchev–Trinajstić information content (AvgIpc) is 2.95. The maximum absolute atomic E-state index is 12.0. The molecule has 7 heteroatoms. The molecule has 0 spiro atoms. The average molecular weight is 361 g/mol. The van der Waals surface area contributed by atoms with Crippen molar-refractivity contribution in [2.75, 3.05) is 19.7 Å². The zero-order chi connectivity index (χ0) is 17.4. The van der Waals surface area contributed by atoms with Gasteiger partial charge in [0.25, 0.3) is 0 Å². The minimum absolute atomic E-state index is 0.0560. The smallest absolute Gasteiger partial charge is 0.246 e. The number of nitrogens with zero attached hydrogens (tertiary/aromatic N) is 2. The van der Waals surface area contributed by atoms with Gasteiger partial charge in [-0.15, -0.1) is 0 Å². The first-order chi connectivity index (χ1) is 12.1. The molecule has 2 saturated heterocycles. The second kappa shape index (κ2) is 6.44. The van der Waals surface area contributed by atoms with Crippen molar-refractivity contribution in [2.24, 2.45) is 0 Å². The van der Waals surface area contributed by atoms with Gasteiger partial charge in [0.1, 0.15) is 6.61 Å². The molecule has 4 rings (SSSR count). The number of benzene rings is 1. The first-order valence-electron chi connectivity index (χ1n) is 8.48. The number of H-pyrrole nitrogens is 1. The van der Waals surface area contributed by atoms with Gasteiger partial charge >= 0.3 is 0 Å². The Balaban J connectivity index is 1.57. The number of halogens is 1. The van der Waals surface area contributed by atoms with Crippen LogP contribution in [-0.4, -0.2) is 46.8 Å². The molecule has 132 valence electrons. The topological polar surface area (TPSA) is 70.2 Å². The Hall–Kier alpha value is -1.89. The van der Waals surface area contributed by atoms with Crippen molar-refractivity contribution in [1.82, 2.24) is 20.4 Å². The van der Waals surface area contributed by atoms with E-state index in [2.05, 4.69) is 32.5 Å². The summed E-state index contributed by atoms with van der Waals surface area (Å²) in [6, 6.07) is 10.1. The Morgan fingerprint density at radius 3 is 2.92 bits per heavy atom. The lowest BCUT2D eigenvalue weighted by Crippen LogP contribution is -2.66. The third-order valence-corrected chi connectivity index (χ3v) is 5.68. The van der Waals surface area contributed by atoms with Crippen LogP contribution in [0.5, 0.6) is 0 Å². The van der Waals surface area contributed by atoms with Crippen molar-refractivity contribution in [2.45, 2.75) is 31.5 Å². The molecule has 0 radical (unpaired) electrons. The number of amides is 1. The molecule has 2 aliphatic rings. The van der Waals surface area contributed by atoms with Gasteiger partial charge in [-0.3, -0.25) is 14.8 Å². The lowest BCUT2D eigenvalue weighted by molar-refractivity contribution is -0.152. The van der Waals surface area contributed by atoms with Crippen LogP contribution in [0.3, 0.4) is 0 Å². The number of aryl methyl sites for hydroxylation is 1. The molecular formula is C18H21ClN4O2. The van der Waals surface area contributed by atoms with Gasteiger partial charge in [-0.05, 0) is 18.9 Å². The second-order valence-corrected chi connectivity index (χ2v) is 7.16. The van der Waals surface area contributed by atoms with Crippen LogP contribution in [0, 0.1) is 6.92 Å². The predicted octanol–water partition coefficient (Wildman–Crippen LogP) is 1.99. The molecule has 0 bridgehead atoms. The molecule has 6 nitrogen and oxygen atoms in total. The van der Waals surface area contributed by atoms with Crippen LogP contribution in [0.1, 0.15) is 23.4 Å². The molecule has 2 atom stereocenters. The highest BCUT2D eigenvalue weighted by atomic mass is 35.5. The Morgan fingerprint density at radius 2 is 2.20 bits per heavy atom. The number of fused-ring (bicyclic) bond motifs is 1. The van der Waals surface area contributed by atoms with E-state index in [1.165, 1.54) is 0 Å². The summed E-state index contributed by atoms with van der Waals surface area (Å²) in [4.78, 5) is 14.3. The highest BCUT2D eigenvalue weighted by Gasteiger charge is 2.49. The minimum Gasteiger partial charge on any atom is -0.364 e. The van der Waals surface area contributed by atoms with Crippen LogP contribution in [0.15, 0.2) is 30.3 Å². The maximum atomic E-state index is 12.0. The summed E-state index contributed by atoms with van der Waals surface area (Å²) < 4.78 is 5.94. The molecule has 1 amide bonds. The largest absolute Gasteiger partial charge is 0.364 e. The van der Waals surface area contributed by atoms with E-state index in [0.717, 1.165) is 36.5 Å². The van der Waals surface area contributed by atoms with Crippen molar-refractivity contribution >= 4 is 17.5 Å². The molecule has 2 N–H and O–H groups in total. The lowest BCUT2D eigenvalue weighted by Gasteiger charge is -2.50. The highest BCUT2D eigenvalue weighted by molar-refractivity contribution is 6.31. The van der Waals surface area contributed by atoms with Gasteiger partial charge in [0.05, 0.1) is 28.1 Å². The molecule has 3 heterocycles. The van der Waals surface area contributed by atoms with E-state index in [4.69, 9.17) is 16.3 Å². The normalized spacial score (nSPS) is 27.0. The summed E-state index contributed by atoms with van der Waals surface area (Å²) in [5.41, 5.74) is 2.37. The van der Waals surface area contributed by atoms with Crippen molar-refractivity contribution in [3.8, 4) is 0 Å². The number of piperidine rings is 1. The molecule has 2 aliphatic heterocycles. The van der Waals surface area contributed by atoms with Crippen LogP contribution in [0.25, 0.3) is 0 Å². The number of hydrogen-bond acceptors (Lipinski definition) is 4. The number of rotatable bonds is 3. The van der Waals surface area contributed by atoms with Crippen molar-refractivity contribution in [1.29, 1.82) is 0 Å². The molecule has 0 saturated carbocycles. The van der Waals surface area contributed by atoms with Crippen LogP contribution < -0.4 is 5.32 Å². The number of ether oxygens (including phenoxy) is 1. The van der Waals surface area contributed by atoms with E-state index < -0.39 is 5.54 Å². The monoisotopic (exact) mass is 360 g/mol. The van der Waals surface area contributed by atoms with E-state index >= 15 is 0 Å². The summed E-state index contributed by atoms with van der Waals surface area (Å²) in [5, 5.41) is 11.1. The van der Waals surface area contributed by atoms with Crippen LogP contribution in [0.4, 0.5) is 0 Å². The summed E-state index contributed by atoms with van der Waals surface area (Å²) in [5.74, 6) is -0.0560. The highest BCUT2D eigenvalue weighted by Crippen LogP contribution is 2.37. The number of hydrogen-bond donors (Lipinski definition) is 2. The fraction of sp³-hybridized carbons (Fsp3) is 0.444. The van der Waals surface area contributed by atoms with E-state index in [1.54, 1.807) is 0 Å². The Kier molecular flexibility index (Phi) is 4.27. The Bertz CT molecular complexity index is 779. The SMILES string of the molecule is Cc1[nH]nc(CN2CC[C@@]3(c4ccccc4)NC(=O)CO[C@@H]3C2)c1Cl. The van der Waals surface area contributed by atoms with E-state index in [-0.39, 0.29) is 18.6 Å². The Morgan fingerprint density at radius 1 is 1.40 bits per heavy atom. The van der Waals surface area contributed by atoms with Gasteiger partial charge in [-0.2, -0.15) is 5.10 Å². The maximum Gasteiger partial charge on any atom is 0.246 e. The summed E-state index contributed by atoms with van der Waals surface area (Å²) in [6.07, 6.45) is 0.689. The van der Waals surface area contributed by atoms with Crippen LogP contribution in [0.2, 0.25) is 5.02 Å². The zero-order valence-electron chi connectivity index (χ0n) is 14.1. The van der Waals surface area contributed by atoms with Crippen molar-refractivity contribution in [3.05, 3.63) is 52.3 Å². The molecule has 2 aromatic rings. The fourth-order valence-corrected chi connectivity index (χ4v) is 3.98.